The van der Waals surface area contributed by atoms with Crippen LogP contribution >= 0.6 is 12.4 Å². The maximum Gasteiger partial charge on any atom is 0.403 e. The molecule has 4 N–H and O–H groups in total. The van der Waals surface area contributed by atoms with Crippen molar-refractivity contribution in [3.63, 3.8) is 0 Å². The monoisotopic (exact) mass is 276 g/mol. The summed E-state index contributed by atoms with van der Waals surface area (Å²) in [4.78, 5) is 0. The first-order chi connectivity index (χ1) is 7.23. The second-order valence-electron chi connectivity index (χ2n) is 3.28. The molecule has 98 valence electrons. The molecule has 0 aromatic heterocycles. The second-order valence-corrected chi connectivity index (χ2v) is 3.28. The standard InChI is InChI=1S/C9H9F5N2.ClH/c10-5-1-2-6(15)4(8(5)11)3-7(16)9(12,13)14;/h1-2,7H,3,15-16H2;1H. The van der Waals surface area contributed by atoms with E-state index in [2.05, 4.69) is 0 Å². The van der Waals surface area contributed by atoms with Gasteiger partial charge in [0.05, 0.1) is 0 Å². The highest BCUT2D eigenvalue weighted by Gasteiger charge is 2.37. The van der Waals surface area contributed by atoms with Crippen LogP contribution in [0.3, 0.4) is 0 Å². The van der Waals surface area contributed by atoms with Crippen LogP contribution in [0, 0.1) is 11.6 Å². The lowest BCUT2D eigenvalue weighted by Gasteiger charge is -2.17. The van der Waals surface area contributed by atoms with E-state index in [-0.39, 0.29) is 18.1 Å². The molecule has 0 amide bonds. The SMILES string of the molecule is Cl.Nc1ccc(F)c(F)c1CC(N)C(F)(F)F. The topological polar surface area (TPSA) is 52.0 Å². The van der Waals surface area contributed by atoms with Crippen LogP contribution in [-0.2, 0) is 6.42 Å². The Labute approximate surface area is 100 Å². The summed E-state index contributed by atoms with van der Waals surface area (Å²) in [6.45, 7) is 0. The molecule has 0 saturated carbocycles. The van der Waals surface area contributed by atoms with E-state index < -0.39 is 35.8 Å². The summed E-state index contributed by atoms with van der Waals surface area (Å²) in [5, 5.41) is 0. The number of halogens is 6. The Hall–Kier alpha value is -1.08. The van der Waals surface area contributed by atoms with Crippen molar-refractivity contribution < 1.29 is 22.0 Å². The smallest absolute Gasteiger partial charge is 0.398 e. The Balaban J connectivity index is 0.00000256. The third kappa shape index (κ3) is 3.71. The summed E-state index contributed by atoms with van der Waals surface area (Å²) in [7, 11) is 0. The lowest BCUT2D eigenvalue weighted by atomic mass is 10.0. The molecule has 0 heterocycles. The lowest BCUT2D eigenvalue weighted by molar-refractivity contribution is -0.147. The van der Waals surface area contributed by atoms with Gasteiger partial charge in [0, 0.05) is 17.7 Å². The quantitative estimate of drug-likeness (QED) is 0.644. The normalized spacial score (nSPS) is 13.1. The summed E-state index contributed by atoms with van der Waals surface area (Å²) in [6.07, 6.45) is -5.57. The number of nitrogens with two attached hydrogens (primary N) is 2. The van der Waals surface area contributed by atoms with Gasteiger partial charge in [-0.1, -0.05) is 0 Å². The molecule has 1 aromatic rings. The molecular weight excluding hydrogens is 267 g/mol. The molecule has 0 aliphatic carbocycles. The van der Waals surface area contributed by atoms with Gasteiger partial charge in [0.15, 0.2) is 11.6 Å². The summed E-state index contributed by atoms with van der Waals surface area (Å²) in [6, 6.07) is -0.532. The lowest BCUT2D eigenvalue weighted by Crippen LogP contribution is -2.39. The maximum absolute atomic E-state index is 13.1. The van der Waals surface area contributed by atoms with Crippen molar-refractivity contribution >= 4 is 18.1 Å². The van der Waals surface area contributed by atoms with Crippen molar-refractivity contribution in [3.8, 4) is 0 Å². The average molecular weight is 277 g/mol. The number of hydrogen-bond donors (Lipinski definition) is 2. The zero-order chi connectivity index (χ0) is 12.5. The molecule has 17 heavy (non-hydrogen) atoms. The summed E-state index contributed by atoms with van der Waals surface area (Å²) in [5.41, 5.74) is 9.25. The summed E-state index contributed by atoms with van der Waals surface area (Å²) in [5.74, 6) is -2.64. The van der Waals surface area contributed by atoms with Crippen molar-refractivity contribution in [1.29, 1.82) is 0 Å². The van der Waals surface area contributed by atoms with E-state index in [1.165, 1.54) is 0 Å². The zero-order valence-corrected chi connectivity index (χ0v) is 9.21. The minimum absolute atomic E-state index is 0. The Kier molecular flexibility index (Phi) is 5.15. The van der Waals surface area contributed by atoms with Crippen molar-refractivity contribution in [2.24, 2.45) is 5.73 Å². The number of rotatable bonds is 2. The molecule has 1 unspecified atom stereocenters. The van der Waals surface area contributed by atoms with Crippen molar-refractivity contribution in [1.82, 2.24) is 0 Å². The van der Waals surface area contributed by atoms with Crippen LogP contribution in [-0.4, -0.2) is 12.2 Å². The van der Waals surface area contributed by atoms with Crippen LogP contribution in [0.15, 0.2) is 12.1 Å². The van der Waals surface area contributed by atoms with E-state index in [1.807, 2.05) is 0 Å². The highest BCUT2D eigenvalue weighted by Crippen LogP contribution is 2.26. The fraction of sp³-hybridized carbons (Fsp3) is 0.333. The minimum atomic E-state index is -4.68. The molecule has 1 rings (SSSR count). The molecule has 0 radical (unpaired) electrons. The highest BCUT2D eigenvalue weighted by molar-refractivity contribution is 5.85. The maximum atomic E-state index is 13.1. The first kappa shape index (κ1) is 15.9. The van der Waals surface area contributed by atoms with E-state index in [9.17, 15) is 22.0 Å². The van der Waals surface area contributed by atoms with Crippen molar-refractivity contribution in [3.05, 3.63) is 29.3 Å². The molecule has 0 aliphatic heterocycles. The molecule has 1 atom stereocenters. The Morgan fingerprint density at radius 2 is 1.71 bits per heavy atom. The van der Waals surface area contributed by atoms with E-state index in [4.69, 9.17) is 11.5 Å². The number of hydrogen-bond acceptors (Lipinski definition) is 2. The summed E-state index contributed by atoms with van der Waals surface area (Å²) < 4.78 is 62.2. The van der Waals surface area contributed by atoms with E-state index in [0.717, 1.165) is 12.1 Å². The highest BCUT2D eigenvalue weighted by atomic mass is 35.5. The largest absolute Gasteiger partial charge is 0.403 e. The van der Waals surface area contributed by atoms with Crippen LogP contribution in [0.1, 0.15) is 5.56 Å². The minimum Gasteiger partial charge on any atom is -0.398 e. The number of nitrogen functional groups attached to an aromatic ring is 1. The predicted molar refractivity (Wildman–Crippen MR) is 55.8 cm³/mol. The Bertz CT molecular complexity index is 394. The van der Waals surface area contributed by atoms with Gasteiger partial charge in [-0.25, -0.2) is 8.78 Å². The van der Waals surface area contributed by atoms with Crippen LogP contribution < -0.4 is 11.5 Å². The van der Waals surface area contributed by atoms with Gasteiger partial charge in [-0.05, 0) is 12.1 Å². The number of benzene rings is 1. The third-order valence-corrected chi connectivity index (χ3v) is 2.08. The molecule has 8 heteroatoms. The van der Waals surface area contributed by atoms with Gasteiger partial charge in [-0.15, -0.1) is 12.4 Å². The third-order valence-electron chi connectivity index (χ3n) is 2.08. The van der Waals surface area contributed by atoms with Crippen LogP contribution in [0.5, 0.6) is 0 Å². The van der Waals surface area contributed by atoms with Gasteiger partial charge in [0.2, 0.25) is 0 Å². The van der Waals surface area contributed by atoms with E-state index in [1.54, 1.807) is 0 Å². The molecule has 0 fully saturated rings. The molecule has 0 saturated heterocycles. The zero-order valence-electron chi connectivity index (χ0n) is 8.39. The second kappa shape index (κ2) is 5.50. The van der Waals surface area contributed by atoms with Crippen molar-refractivity contribution in [2.45, 2.75) is 18.6 Å². The predicted octanol–water partition coefficient (Wildman–Crippen LogP) is 2.40. The first-order valence-electron chi connectivity index (χ1n) is 4.28. The van der Waals surface area contributed by atoms with Crippen LogP contribution in [0.2, 0.25) is 0 Å². The van der Waals surface area contributed by atoms with Gasteiger partial charge < -0.3 is 11.5 Å². The van der Waals surface area contributed by atoms with Gasteiger partial charge in [-0.2, -0.15) is 13.2 Å². The van der Waals surface area contributed by atoms with Gasteiger partial charge in [0.1, 0.15) is 6.04 Å². The van der Waals surface area contributed by atoms with Crippen LogP contribution in [0.4, 0.5) is 27.6 Å². The molecule has 0 aliphatic rings. The molecular formula is C9H10ClF5N2. The fourth-order valence-electron chi connectivity index (χ4n) is 1.15. The van der Waals surface area contributed by atoms with Crippen molar-refractivity contribution in [2.75, 3.05) is 5.73 Å². The Morgan fingerprint density at radius 1 is 1.18 bits per heavy atom. The van der Waals surface area contributed by atoms with Crippen LogP contribution in [0.25, 0.3) is 0 Å². The van der Waals surface area contributed by atoms with Gasteiger partial charge in [-0.3, -0.25) is 0 Å². The van der Waals surface area contributed by atoms with Gasteiger partial charge >= 0.3 is 6.18 Å². The van der Waals surface area contributed by atoms with E-state index >= 15 is 0 Å². The average Bonchev–Trinajstić information content (AvgIpc) is 2.17. The number of alkyl halides is 3. The van der Waals surface area contributed by atoms with E-state index in [0.29, 0.717) is 0 Å². The molecule has 0 spiro atoms. The molecule has 1 aromatic carbocycles. The molecule has 0 bridgehead atoms. The number of anilines is 1. The fourth-order valence-corrected chi connectivity index (χ4v) is 1.15. The molecule has 2 nitrogen and oxygen atoms in total. The Morgan fingerprint density at radius 3 is 2.18 bits per heavy atom. The first-order valence-corrected chi connectivity index (χ1v) is 4.28. The van der Waals surface area contributed by atoms with Gasteiger partial charge in [0.25, 0.3) is 0 Å². The summed E-state index contributed by atoms with van der Waals surface area (Å²) >= 11 is 0.